The predicted octanol–water partition coefficient (Wildman–Crippen LogP) is 0.261. The highest BCUT2D eigenvalue weighted by Gasteiger charge is 2.06. The Morgan fingerprint density at radius 1 is 2.00 bits per heavy atom. The van der Waals surface area contributed by atoms with E-state index in [0.717, 1.165) is 0 Å². The van der Waals surface area contributed by atoms with Gasteiger partial charge in [0, 0.05) is 0 Å². The molecule has 47 valence electrons. The molecule has 4 heteroatoms. The van der Waals surface area contributed by atoms with Gasteiger partial charge in [0.05, 0.1) is 7.11 Å². The van der Waals surface area contributed by atoms with Crippen molar-refractivity contribution in [3.63, 3.8) is 0 Å². The minimum absolute atomic E-state index is 0.137. The number of methoxy groups -OCH3 is 1. The van der Waals surface area contributed by atoms with Crippen LogP contribution in [0.5, 0.6) is 0 Å². The Kier molecular flexibility index (Phi) is 1.48. The summed E-state index contributed by atoms with van der Waals surface area (Å²) in [4.78, 5) is 13.9. The van der Waals surface area contributed by atoms with E-state index in [1.165, 1.54) is 13.4 Å². The van der Waals surface area contributed by atoms with Gasteiger partial charge in [-0.15, -0.1) is 0 Å². The molecule has 9 heavy (non-hydrogen) atoms. The van der Waals surface area contributed by atoms with Crippen molar-refractivity contribution >= 4 is 5.97 Å². The number of hydrogen-bond donors (Lipinski definition) is 0. The lowest BCUT2D eigenvalue weighted by molar-refractivity contribution is 0.0594. The van der Waals surface area contributed by atoms with E-state index < -0.39 is 5.97 Å². The van der Waals surface area contributed by atoms with Crippen LogP contribution in [0.25, 0.3) is 0 Å². The molecule has 0 bridgehead atoms. The summed E-state index contributed by atoms with van der Waals surface area (Å²) in [7, 11) is 1.27. The molecule has 1 aromatic rings. The van der Waals surface area contributed by atoms with E-state index in [2.05, 4.69) is 20.5 Å². The molecule has 1 rings (SSSR count). The SMILES string of the molecule is COC(=O)c1co[c]n1. The number of carbonyl (C=O) groups is 1. The van der Waals surface area contributed by atoms with Crippen LogP contribution in [0.1, 0.15) is 10.5 Å². The van der Waals surface area contributed by atoms with Crippen molar-refractivity contribution in [2.75, 3.05) is 7.11 Å². The molecule has 1 heterocycles. The molecular weight excluding hydrogens is 122 g/mol. The van der Waals surface area contributed by atoms with E-state index in [1.807, 2.05) is 0 Å². The zero-order valence-electron chi connectivity index (χ0n) is 4.75. The van der Waals surface area contributed by atoms with Crippen molar-refractivity contribution in [2.45, 2.75) is 0 Å². The standard InChI is InChI=1S/C5H4NO3/c1-8-5(7)4-2-9-3-6-4/h2H,1H3. The van der Waals surface area contributed by atoms with Crippen LogP contribution in [0.3, 0.4) is 0 Å². The molecule has 1 radical (unpaired) electrons. The van der Waals surface area contributed by atoms with E-state index in [0.29, 0.717) is 0 Å². The molecular formula is C5H4NO3. The quantitative estimate of drug-likeness (QED) is 0.506. The van der Waals surface area contributed by atoms with Crippen LogP contribution in [0.15, 0.2) is 10.7 Å². The van der Waals surface area contributed by atoms with Crippen LogP contribution in [0.2, 0.25) is 0 Å². The van der Waals surface area contributed by atoms with E-state index in [-0.39, 0.29) is 5.69 Å². The Morgan fingerprint density at radius 3 is 3.22 bits per heavy atom. The second kappa shape index (κ2) is 2.30. The van der Waals surface area contributed by atoms with E-state index in [9.17, 15) is 4.79 Å². The Balaban J connectivity index is 2.77. The number of aromatic nitrogens is 1. The molecule has 0 aliphatic rings. The predicted molar refractivity (Wildman–Crippen MR) is 26.7 cm³/mol. The molecule has 0 amide bonds. The number of esters is 1. The molecule has 0 N–H and O–H groups in total. The van der Waals surface area contributed by atoms with Crippen molar-refractivity contribution in [2.24, 2.45) is 0 Å². The van der Waals surface area contributed by atoms with Gasteiger partial charge in [-0.05, 0) is 0 Å². The first-order valence-electron chi connectivity index (χ1n) is 2.24. The summed E-state index contributed by atoms with van der Waals surface area (Å²) in [6.45, 7) is 0. The van der Waals surface area contributed by atoms with Crippen molar-refractivity contribution < 1.29 is 13.9 Å². The van der Waals surface area contributed by atoms with Gasteiger partial charge in [0.25, 0.3) is 6.39 Å². The van der Waals surface area contributed by atoms with Crippen LogP contribution in [0, 0.1) is 6.39 Å². The summed E-state index contributed by atoms with van der Waals surface area (Å²) in [5.74, 6) is -0.514. The highest BCUT2D eigenvalue weighted by atomic mass is 16.5. The third-order valence-electron chi connectivity index (χ3n) is 0.784. The first-order chi connectivity index (χ1) is 4.34. The van der Waals surface area contributed by atoms with Crippen LogP contribution in [0.4, 0.5) is 0 Å². The monoisotopic (exact) mass is 126 g/mol. The van der Waals surface area contributed by atoms with Crippen LogP contribution in [-0.2, 0) is 4.74 Å². The Labute approximate surface area is 51.5 Å². The number of nitrogens with zero attached hydrogens (tertiary/aromatic N) is 1. The molecule has 0 fully saturated rings. The number of carbonyl (C=O) groups excluding carboxylic acids is 1. The van der Waals surface area contributed by atoms with Gasteiger partial charge in [-0.25, -0.2) is 4.79 Å². The fourth-order valence-electron chi connectivity index (χ4n) is 0.382. The van der Waals surface area contributed by atoms with E-state index >= 15 is 0 Å². The Bertz CT molecular complexity index is 192. The van der Waals surface area contributed by atoms with Gasteiger partial charge < -0.3 is 9.15 Å². The third kappa shape index (κ3) is 1.07. The average Bonchev–Trinajstić information content (AvgIpc) is 2.37. The van der Waals surface area contributed by atoms with Gasteiger partial charge in [0.2, 0.25) is 0 Å². The highest BCUT2D eigenvalue weighted by molar-refractivity contribution is 5.86. The fraction of sp³-hybridized carbons (Fsp3) is 0.200. The minimum Gasteiger partial charge on any atom is -0.464 e. The summed E-state index contributed by atoms with van der Waals surface area (Å²) in [5, 5.41) is 0. The first kappa shape index (κ1) is 5.81. The van der Waals surface area contributed by atoms with Crippen molar-refractivity contribution in [1.29, 1.82) is 0 Å². The molecule has 0 unspecified atom stereocenters. The van der Waals surface area contributed by atoms with Gasteiger partial charge in [-0.1, -0.05) is 0 Å². The molecule has 0 aromatic carbocycles. The highest BCUT2D eigenvalue weighted by Crippen LogP contribution is 1.94. The van der Waals surface area contributed by atoms with Crippen LogP contribution >= 0.6 is 0 Å². The van der Waals surface area contributed by atoms with Crippen molar-refractivity contribution in [3.8, 4) is 0 Å². The molecule has 0 aliphatic carbocycles. The summed E-state index contributed by atoms with van der Waals surface area (Å²) in [6.07, 6.45) is 3.29. The molecule has 0 saturated carbocycles. The first-order valence-corrected chi connectivity index (χ1v) is 2.24. The van der Waals surface area contributed by atoms with E-state index in [1.54, 1.807) is 0 Å². The minimum atomic E-state index is -0.514. The summed E-state index contributed by atoms with van der Waals surface area (Å²) in [6, 6.07) is 0. The largest absolute Gasteiger partial charge is 0.464 e. The van der Waals surface area contributed by atoms with Gasteiger partial charge in [-0.3, -0.25) is 0 Å². The lowest BCUT2D eigenvalue weighted by Gasteiger charge is -1.88. The summed E-state index contributed by atoms with van der Waals surface area (Å²) >= 11 is 0. The maximum atomic E-state index is 10.5. The Hall–Kier alpha value is -1.32. The van der Waals surface area contributed by atoms with Gasteiger partial charge in [-0.2, -0.15) is 4.98 Å². The number of rotatable bonds is 1. The molecule has 1 aromatic heterocycles. The maximum absolute atomic E-state index is 10.5. The topological polar surface area (TPSA) is 52.3 Å². The zero-order valence-corrected chi connectivity index (χ0v) is 4.75. The molecule has 0 atom stereocenters. The van der Waals surface area contributed by atoms with Crippen LogP contribution in [-0.4, -0.2) is 18.1 Å². The molecule has 4 nitrogen and oxygen atoms in total. The van der Waals surface area contributed by atoms with Gasteiger partial charge in [0.15, 0.2) is 5.69 Å². The second-order valence-electron chi connectivity index (χ2n) is 1.32. The lowest BCUT2D eigenvalue weighted by atomic mass is 10.5. The zero-order chi connectivity index (χ0) is 6.69. The Morgan fingerprint density at radius 2 is 2.78 bits per heavy atom. The summed E-state index contributed by atoms with van der Waals surface area (Å²) < 4.78 is 8.71. The normalized spacial score (nSPS) is 9.00. The van der Waals surface area contributed by atoms with Gasteiger partial charge >= 0.3 is 5.97 Å². The average molecular weight is 126 g/mol. The van der Waals surface area contributed by atoms with Crippen molar-refractivity contribution in [1.82, 2.24) is 4.98 Å². The second-order valence-corrected chi connectivity index (χ2v) is 1.32. The fourth-order valence-corrected chi connectivity index (χ4v) is 0.382. The smallest absolute Gasteiger partial charge is 0.360 e. The molecule has 0 aliphatic heterocycles. The van der Waals surface area contributed by atoms with Crippen LogP contribution < -0.4 is 0 Å². The molecule has 0 spiro atoms. The maximum Gasteiger partial charge on any atom is 0.360 e. The van der Waals surface area contributed by atoms with Gasteiger partial charge in [0.1, 0.15) is 6.26 Å². The molecule has 0 saturated heterocycles. The number of hydrogen-bond acceptors (Lipinski definition) is 4. The van der Waals surface area contributed by atoms with Crippen molar-refractivity contribution in [3.05, 3.63) is 18.4 Å². The third-order valence-corrected chi connectivity index (χ3v) is 0.784. The lowest BCUT2D eigenvalue weighted by Crippen LogP contribution is -2.00. The summed E-state index contributed by atoms with van der Waals surface area (Å²) in [5.41, 5.74) is 0.137. The van der Waals surface area contributed by atoms with E-state index in [4.69, 9.17) is 0 Å². The number of oxazole rings is 1. The number of ether oxygens (including phenoxy) is 1.